The molecule has 1 heterocycles. The Bertz CT molecular complexity index is 387. The van der Waals surface area contributed by atoms with Crippen molar-refractivity contribution in [1.29, 1.82) is 0 Å². The number of carbonyl (C=O) groups excluding carboxylic acids is 1. The molecule has 1 aromatic rings. The van der Waals surface area contributed by atoms with E-state index in [1.54, 1.807) is 12.3 Å². The molecular weight excluding hydrogens is 238 g/mol. The zero-order valence-electron chi connectivity index (χ0n) is 10.5. The third-order valence-corrected chi connectivity index (χ3v) is 3.02. The number of nitrogens with zero attached hydrogens (tertiary/aromatic N) is 1. The number of aryl methyl sites for hydroxylation is 1. The molecule has 3 N–H and O–H groups in total. The standard InChI is InChI=1S/C12H20ClN3O/c1-4-16-7-9(13)5-11(16)12(17)15-10(6-14)8(2)3/h5,7-8,10H,4,6,14H2,1-3H3,(H,15,17). The smallest absolute Gasteiger partial charge is 0.268 e. The number of nitrogens with one attached hydrogen (secondary N) is 1. The van der Waals surface area contributed by atoms with Gasteiger partial charge in [-0.2, -0.15) is 0 Å². The first-order valence-electron chi connectivity index (χ1n) is 5.86. The van der Waals surface area contributed by atoms with Gasteiger partial charge in [0.2, 0.25) is 0 Å². The fourth-order valence-corrected chi connectivity index (χ4v) is 1.89. The van der Waals surface area contributed by atoms with Crippen LogP contribution in [0.2, 0.25) is 5.02 Å². The highest BCUT2D eigenvalue weighted by atomic mass is 35.5. The van der Waals surface area contributed by atoms with Crippen LogP contribution in [0.25, 0.3) is 0 Å². The van der Waals surface area contributed by atoms with Gasteiger partial charge in [0.1, 0.15) is 5.69 Å². The van der Waals surface area contributed by atoms with E-state index in [0.717, 1.165) is 0 Å². The van der Waals surface area contributed by atoms with Gasteiger partial charge in [0, 0.05) is 25.3 Å². The van der Waals surface area contributed by atoms with Gasteiger partial charge in [-0.05, 0) is 18.9 Å². The van der Waals surface area contributed by atoms with E-state index in [2.05, 4.69) is 5.32 Å². The predicted octanol–water partition coefficient (Wildman–Crippen LogP) is 1.87. The number of hydrogen-bond acceptors (Lipinski definition) is 2. The molecule has 0 saturated carbocycles. The summed E-state index contributed by atoms with van der Waals surface area (Å²) in [5.41, 5.74) is 6.21. The van der Waals surface area contributed by atoms with Gasteiger partial charge in [0.25, 0.3) is 5.91 Å². The monoisotopic (exact) mass is 257 g/mol. The van der Waals surface area contributed by atoms with Gasteiger partial charge in [0.05, 0.1) is 5.02 Å². The average molecular weight is 258 g/mol. The van der Waals surface area contributed by atoms with Crippen LogP contribution in [0.4, 0.5) is 0 Å². The first kappa shape index (κ1) is 14.1. The van der Waals surface area contributed by atoms with Gasteiger partial charge in [-0.1, -0.05) is 25.4 Å². The Labute approximate surface area is 107 Å². The second-order valence-corrected chi connectivity index (χ2v) is 4.83. The number of amides is 1. The van der Waals surface area contributed by atoms with Crippen molar-refractivity contribution < 1.29 is 4.79 Å². The minimum absolute atomic E-state index is 0.0125. The van der Waals surface area contributed by atoms with Crippen molar-refractivity contribution in [3.05, 3.63) is 23.0 Å². The highest BCUT2D eigenvalue weighted by Crippen LogP contribution is 2.14. The molecule has 0 aliphatic carbocycles. The Kier molecular flexibility index (Phi) is 5.02. The number of hydrogen-bond donors (Lipinski definition) is 2. The van der Waals surface area contributed by atoms with E-state index in [0.29, 0.717) is 29.7 Å². The molecule has 4 nitrogen and oxygen atoms in total. The minimum Gasteiger partial charge on any atom is -0.347 e. The van der Waals surface area contributed by atoms with E-state index in [1.165, 1.54) is 0 Å². The van der Waals surface area contributed by atoms with Crippen molar-refractivity contribution in [2.24, 2.45) is 11.7 Å². The van der Waals surface area contributed by atoms with E-state index < -0.39 is 0 Å². The van der Waals surface area contributed by atoms with Crippen molar-refractivity contribution in [2.75, 3.05) is 6.54 Å². The highest BCUT2D eigenvalue weighted by Gasteiger charge is 2.18. The van der Waals surface area contributed by atoms with E-state index in [4.69, 9.17) is 17.3 Å². The van der Waals surface area contributed by atoms with Crippen LogP contribution in [-0.4, -0.2) is 23.1 Å². The molecule has 0 spiro atoms. The van der Waals surface area contributed by atoms with Gasteiger partial charge in [-0.15, -0.1) is 0 Å². The van der Waals surface area contributed by atoms with Crippen LogP contribution in [0.15, 0.2) is 12.3 Å². The molecule has 0 radical (unpaired) electrons. The summed E-state index contributed by atoms with van der Waals surface area (Å²) in [5.74, 6) is 0.187. The lowest BCUT2D eigenvalue weighted by molar-refractivity contribution is 0.0918. The van der Waals surface area contributed by atoms with Crippen molar-refractivity contribution in [1.82, 2.24) is 9.88 Å². The van der Waals surface area contributed by atoms with E-state index in [-0.39, 0.29) is 11.9 Å². The highest BCUT2D eigenvalue weighted by molar-refractivity contribution is 6.31. The molecule has 1 amide bonds. The van der Waals surface area contributed by atoms with Gasteiger partial charge < -0.3 is 15.6 Å². The van der Waals surface area contributed by atoms with Crippen LogP contribution < -0.4 is 11.1 Å². The summed E-state index contributed by atoms with van der Waals surface area (Å²) in [6, 6.07) is 1.66. The Morgan fingerprint density at radius 2 is 2.24 bits per heavy atom. The summed E-state index contributed by atoms with van der Waals surface area (Å²) in [6.45, 7) is 7.18. The normalized spacial score (nSPS) is 12.8. The third kappa shape index (κ3) is 3.48. The summed E-state index contributed by atoms with van der Waals surface area (Å²) in [5, 5.41) is 3.50. The van der Waals surface area contributed by atoms with Crippen molar-refractivity contribution in [2.45, 2.75) is 33.4 Å². The van der Waals surface area contributed by atoms with Crippen LogP contribution >= 0.6 is 11.6 Å². The number of nitrogens with two attached hydrogens (primary N) is 1. The van der Waals surface area contributed by atoms with Crippen LogP contribution in [0.3, 0.4) is 0 Å². The van der Waals surface area contributed by atoms with Gasteiger partial charge in [-0.3, -0.25) is 4.79 Å². The summed E-state index contributed by atoms with van der Waals surface area (Å²) in [4.78, 5) is 12.1. The molecule has 1 rings (SSSR count). The summed E-state index contributed by atoms with van der Waals surface area (Å²) >= 11 is 5.90. The first-order valence-corrected chi connectivity index (χ1v) is 6.24. The fraction of sp³-hybridized carbons (Fsp3) is 0.583. The predicted molar refractivity (Wildman–Crippen MR) is 70.3 cm³/mol. The maximum atomic E-state index is 12.1. The molecule has 0 bridgehead atoms. The minimum atomic E-state index is -0.122. The van der Waals surface area contributed by atoms with Crippen molar-refractivity contribution in [3.63, 3.8) is 0 Å². The maximum absolute atomic E-state index is 12.1. The molecule has 0 aromatic carbocycles. The second-order valence-electron chi connectivity index (χ2n) is 4.39. The Hall–Kier alpha value is -1.00. The lowest BCUT2D eigenvalue weighted by Gasteiger charge is -2.20. The zero-order valence-corrected chi connectivity index (χ0v) is 11.3. The van der Waals surface area contributed by atoms with E-state index in [1.807, 2.05) is 25.3 Å². The molecular formula is C12H20ClN3O. The number of carbonyl (C=O) groups is 1. The van der Waals surface area contributed by atoms with Crippen LogP contribution in [0.1, 0.15) is 31.3 Å². The molecule has 0 fully saturated rings. The molecule has 0 aliphatic heterocycles. The molecule has 0 saturated heterocycles. The Balaban J connectivity index is 2.81. The lowest BCUT2D eigenvalue weighted by Crippen LogP contribution is -2.44. The molecule has 17 heavy (non-hydrogen) atoms. The van der Waals surface area contributed by atoms with Crippen molar-refractivity contribution in [3.8, 4) is 0 Å². The van der Waals surface area contributed by atoms with Crippen molar-refractivity contribution >= 4 is 17.5 Å². The molecule has 1 aromatic heterocycles. The zero-order chi connectivity index (χ0) is 13.0. The fourth-order valence-electron chi connectivity index (χ4n) is 1.67. The van der Waals surface area contributed by atoms with Gasteiger partial charge >= 0.3 is 0 Å². The number of aromatic nitrogens is 1. The Morgan fingerprint density at radius 1 is 1.59 bits per heavy atom. The summed E-state index contributed by atoms with van der Waals surface area (Å²) in [6.07, 6.45) is 1.75. The van der Waals surface area contributed by atoms with Crippen LogP contribution in [0, 0.1) is 5.92 Å². The van der Waals surface area contributed by atoms with E-state index in [9.17, 15) is 4.79 Å². The largest absolute Gasteiger partial charge is 0.347 e. The average Bonchev–Trinajstić information content (AvgIpc) is 2.66. The topological polar surface area (TPSA) is 60.0 Å². The quantitative estimate of drug-likeness (QED) is 0.846. The van der Waals surface area contributed by atoms with Crippen LogP contribution in [-0.2, 0) is 6.54 Å². The summed E-state index contributed by atoms with van der Waals surface area (Å²) < 4.78 is 1.82. The first-order chi connectivity index (χ1) is 7.99. The van der Waals surface area contributed by atoms with Crippen LogP contribution in [0.5, 0.6) is 0 Å². The molecule has 0 aliphatic rings. The molecule has 96 valence electrons. The van der Waals surface area contributed by atoms with Gasteiger partial charge in [-0.25, -0.2) is 0 Å². The molecule has 1 unspecified atom stereocenters. The summed E-state index contributed by atoms with van der Waals surface area (Å²) in [7, 11) is 0. The second kappa shape index (κ2) is 6.07. The lowest BCUT2D eigenvalue weighted by atomic mass is 10.0. The SMILES string of the molecule is CCn1cc(Cl)cc1C(=O)NC(CN)C(C)C. The number of rotatable bonds is 5. The number of halogens is 1. The van der Waals surface area contributed by atoms with Gasteiger partial charge in [0.15, 0.2) is 0 Å². The molecule has 1 atom stereocenters. The maximum Gasteiger partial charge on any atom is 0.268 e. The third-order valence-electron chi connectivity index (χ3n) is 2.81. The Morgan fingerprint density at radius 3 is 2.71 bits per heavy atom. The molecule has 5 heteroatoms. The van der Waals surface area contributed by atoms with E-state index >= 15 is 0 Å².